The second kappa shape index (κ2) is 6.12. The third-order valence-electron chi connectivity index (χ3n) is 3.06. The molecule has 0 radical (unpaired) electrons. The molecule has 2 rings (SSSR count). The monoisotopic (exact) mass is 310 g/mol. The molecule has 0 aliphatic carbocycles. The van der Waals surface area contributed by atoms with Gasteiger partial charge in [-0.15, -0.1) is 11.3 Å². The van der Waals surface area contributed by atoms with Gasteiger partial charge in [-0.2, -0.15) is 0 Å². The van der Waals surface area contributed by atoms with E-state index in [-0.39, 0.29) is 6.04 Å². The Labute approximate surface area is 128 Å². The van der Waals surface area contributed by atoms with Gasteiger partial charge in [0.25, 0.3) is 0 Å². The molecule has 0 spiro atoms. The van der Waals surface area contributed by atoms with E-state index in [1.807, 2.05) is 39.8 Å². The van der Waals surface area contributed by atoms with Gasteiger partial charge in [0, 0.05) is 15.9 Å². The Balaban J connectivity index is 2.11. The van der Waals surface area contributed by atoms with E-state index in [0.717, 1.165) is 37.5 Å². The van der Waals surface area contributed by atoms with Gasteiger partial charge in [0.1, 0.15) is 17.4 Å². The third-order valence-corrected chi connectivity index (χ3v) is 4.99. The van der Waals surface area contributed by atoms with Crippen LogP contribution in [0.5, 0.6) is 5.75 Å². The lowest BCUT2D eigenvalue weighted by Gasteiger charge is -2.08. The highest BCUT2D eigenvalue weighted by molar-refractivity contribution is 7.11. The lowest BCUT2D eigenvalue weighted by molar-refractivity contribution is 0.305. The Bertz CT molecular complexity index is 599. The Morgan fingerprint density at radius 3 is 2.40 bits per heavy atom. The normalized spacial score (nSPS) is 12.5. The second-order valence-electron chi connectivity index (χ2n) is 5.01. The molecule has 0 saturated heterocycles. The average Bonchev–Trinajstić information content (AvgIpc) is 2.75. The first-order valence-corrected chi connectivity index (χ1v) is 7.69. The van der Waals surface area contributed by atoms with Crippen LogP contribution < -0.4 is 10.5 Å². The first-order valence-electron chi connectivity index (χ1n) is 6.49. The first kappa shape index (κ1) is 15.3. The maximum Gasteiger partial charge on any atom is 0.140 e. The average molecular weight is 311 g/mol. The third kappa shape index (κ3) is 3.32. The minimum Gasteiger partial charge on any atom is -0.486 e. The summed E-state index contributed by atoms with van der Waals surface area (Å²) in [5, 5.41) is 1.74. The zero-order valence-corrected chi connectivity index (χ0v) is 13.7. The van der Waals surface area contributed by atoms with Gasteiger partial charge in [0.2, 0.25) is 0 Å². The van der Waals surface area contributed by atoms with Gasteiger partial charge in [0.05, 0.1) is 5.69 Å². The smallest absolute Gasteiger partial charge is 0.140 e. The molecule has 1 aromatic heterocycles. The lowest BCUT2D eigenvalue weighted by Crippen LogP contribution is -2.03. The number of hydrogen-bond acceptors (Lipinski definition) is 4. The fourth-order valence-corrected chi connectivity index (χ4v) is 3.13. The largest absolute Gasteiger partial charge is 0.486 e. The number of halogens is 1. The van der Waals surface area contributed by atoms with Crippen LogP contribution in [0.25, 0.3) is 0 Å². The van der Waals surface area contributed by atoms with Gasteiger partial charge in [0.15, 0.2) is 0 Å². The SMILES string of the molecule is Cc1cc(OCc2nc(C)c(C(C)N)s2)cc(C)c1Cl. The summed E-state index contributed by atoms with van der Waals surface area (Å²) in [6, 6.07) is 3.91. The Morgan fingerprint density at radius 1 is 1.30 bits per heavy atom. The number of aromatic nitrogens is 1. The molecule has 2 aromatic rings. The zero-order chi connectivity index (χ0) is 14.9. The Hall–Kier alpha value is -1.10. The molecule has 0 bridgehead atoms. The molecule has 2 N–H and O–H groups in total. The highest BCUT2D eigenvalue weighted by atomic mass is 35.5. The molecule has 1 unspecified atom stereocenters. The Kier molecular flexibility index (Phi) is 4.68. The van der Waals surface area contributed by atoms with E-state index in [0.29, 0.717) is 6.61 Å². The fourth-order valence-electron chi connectivity index (χ4n) is 2.08. The van der Waals surface area contributed by atoms with Gasteiger partial charge < -0.3 is 10.5 Å². The molecule has 1 aromatic carbocycles. The highest BCUT2D eigenvalue weighted by Crippen LogP contribution is 2.28. The number of thiazole rings is 1. The van der Waals surface area contributed by atoms with Crippen molar-refractivity contribution in [2.24, 2.45) is 5.73 Å². The molecule has 0 fully saturated rings. The van der Waals surface area contributed by atoms with E-state index in [1.165, 1.54) is 0 Å². The molecular formula is C15H19ClN2OS. The molecule has 0 amide bonds. The fraction of sp³-hybridized carbons (Fsp3) is 0.400. The number of nitrogens with zero attached hydrogens (tertiary/aromatic N) is 1. The van der Waals surface area contributed by atoms with Crippen LogP contribution in [-0.4, -0.2) is 4.98 Å². The van der Waals surface area contributed by atoms with Crippen molar-refractivity contribution in [2.75, 3.05) is 0 Å². The van der Waals surface area contributed by atoms with Crippen molar-refractivity contribution < 1.29 is 4.74 Å². The van der Waals surface area contributed by atoms with Crippen LogP contribution >= 0.6 is 22.9 Å². The topological polar surface area (TPSA) is 48.1 Å². The summed E-state index contributed by atoms with van der Waals surface area (Å²) in [4.78, 5) is 5.61. The number of rotatable bonds is 4. The van der Waals surface area contributed by atoms with Crippen molar-refractivity contribution in [2.45, 2.75) is 40.3 Å². The summed E-state index contributed by atoms with van der Waals surface area (Å²) in [7, 11) is 0. The van der Waals surface area contributed by atoms with Crippen molar-refractivity contribution in [1.82, 2.24) is 4.98 Å². The maximum absolute atomic E-state index is 6.15. The van der Waals surface area contributed by atoms with Gasteiger partial charge in [-0.05, 0) is 51.0 Å². The summed E-state index contributed by atoms with van der Waals surface area (Å²) in [6.07, 6.45) is 0. The predicted octanol–water partition coefficient (Wildman–Crippen LogP) is 4.32. The Morgan fingerprint density at radius 2 is 1.90 bits per heavy atom. The molecule has 0 aliphatic rings. The molecule has 108 valence electrons. The van der Waals surface area contributed by atoms with E-state index >= 15 is 0 Å². The van der Waals surface area contributed by atoms with E-state index in [2.05, 4.69) is 4.98 Å². The molecule has 0 saturated carbocycles. The number of aryl methyl sites for hydroxylation is 3. The van der Waals surface area contributed by atoms with Crippen LogP contribution in [0.3, 0.4) is 0 Å². The van der Waals surface area contributed by atoms with Crippen LogP contribution in [0.2, 0.25) is 5.02 Å². The van der Waals surface area contributed by atoms with Crippen LogP contribution in [0.15, 0.2) is 12.1 Å². The maximum atomic E-state index is 6.15. The molecule has 20 heavy (non-hydrogen) atoms. The van der Waals surface area contributed by atoms with Gasteiger partial charge in [-0.25, -0.2) is 4.98 Å². The second-order valence-corrected chi connectivity index (χ2v) is 6.50. The highest BCUT2D eigenvalue weighted by Gasteiger charge is 2.12. The van der Waals surface area contributed by atoms with E-state index in [1.54, 1.807) is 11.3 Å². The van der Waals surface area contributed by atoms with Crippen LogP contribution in [0, 0.1) is 20.8 Å². The summed E-state index contributed by atoms with van der Waals surface area (Å²) in [5.41, 5.74) is 8.94. The minimum atomic E-state index is 0.0151. The lowest BCUT2D eigenvalue weighted by atomic mass is 10.1. The van der Waals surface area contributed by atoms with E-state index in [4.69, 9.17) is 22.1 Å². The van der Waals surface area contributed by atoms with Crippen molar-refractivity contribution in [3.63, 3.8) is 0 Å². The van der Waals surface area contributed by atoms with E-state index in [9.17, 15) is 0 Å². The van der Waals surface area contributed by atoms with Crippen LogP contribution in [-0.2, 0) is 6.61 Å². The summed E-state index contributed by atoms with van der Waals surface area (Å²) in [6.45, 7) is 8.36. The number of benzene rings is 1. The first-order chi connectivity index (χ1) is 9.38. The molecule has 1 atom stereocenters. The number of nitrogens with two attached hydrogens (primary N) is 1. The quantitative estimate of drug-likeness (QED) is 0.915. The molecular weight excluding hydrogens is 292 g/mol. The van der Waals surface area contributed by atoms with Gasteiger partial charge in [-0.1, -0.05) is 11.6 Å². The molecule has 3 nitrogen and oxygen atoms in total. The van der Waals surface area contributed by atoms with Gasteiger partial charge >= 0.3 is 0 Å². The van der Waals surface area contributed by atoms with Crippen molar-refractivity contribution in [3.8, 4) is 5.75 Å². The standard InChI is InChI=1S/C15H19ClN2OS/c1-8-5-12(6-9(2)14(8)16)19-7-13-18-11(4)15(20-13)10(3)17/h5-6,10H,7,17H2,1-4H3. The van der Waals surface area contributed by atoms with Crippen LogP contribution in [0.1, 0.15) is 39.7 Å². The zero-order valence-electron chi connectivity index (χ0n) is 12.2. The predicted molar refractivity (Wildman–Crippen MR) is 84.7 cm³/mol. The van der Waals surface area contributed by atoms with E-state index < -0.39 is 0 Å². The summed E-state index contributed by atoms with van der Waals surface area (Å²) in [5.74, 6) is 0.819. The summed E-state index contributed by atoms with van der Waals surface area (Å²) < 4.78 is 5.81. The number of ether oxygens (including phenoxy) is 1. The van der Waals surface area contributed by atoms with Crippen molar-refractivity contribution in [1.29, 1.82) is 0 Å². The van der Waals surface area contributed by atoms with Gasteiger partial charge in [-0.3, -0.25) is 0 Å². The van der Waals surface area contributed by atoms with Crippen molar-refractivity contribution >= 4 is 22.9 Å². The molecule has 1 heterocycles. The van der Waals surface area contributed by atoms with Crippen molar-refractivity contribution in [3.05, 3.63) is 43.9 Å². The molecule has 5 heteroatoms. The summed E-state index contributed by atoms with van der Waals surface area (Å²) >= 11 is 7.76. The van der Waals surface area contributed by atoms with Crippen LogP contribution in [0.4, 0.5) is 0 Å². The molecule has 0 aliphatic heterocycles. The number of hydrogen-bond donors (Lipinski definition) is 1. The minimum absolute atomic E-state index is 0.0151.